The smallest absolute Gasteiger partial charge is 0.240 e. The SMILES string of the molecule is CC(C)Oc1ccc(S(=O)(=O)NCCC2CCNC2)cc1.Cl. The Kier molecular flexibility index (Phi) is 7.62. The highest BCUT2D eigenvalue weighted by molar-refractivity contribution is 7.89. The van der Waals surface area contributed by atoms with E-state index in [-0.39, 0.29) is 23.4 Å². The van der Waals surface area contributed by atoms with Gasteiger partial charge in [0.15, 0.2) is 0 Å². The molecule has 0 saturated carbocycles. The van der Waals surface area contributed by atoms with Crippen molar-refractivity contribution in [3.8, 4) is 5.75 Å². The Hall–Kier alpha value is -0.820. The molecule has 0 bridgehead atoms. The lowest BCUT2D eigenvalue weighted by Crippen LogP contribution is -2.26. The van der Waals surface area contributed by atoms with Gasteiger partial charge >= 0.3 is 0 Å². The maximum Gasteiger partial charge on any atom is 0.240 e. The van der Waals surface area contributed by atoms with Crippen LogP contribution in [0.3, 0.4) is 0 Å². The van der Waals surface area contributed by atoms with Crippen LogP contribution >= 0.6 is 12.4 Å². The van der Waals surface area contributed by atoms with Gasteiger partial charge in [0.2, 0.25) is 10.0 Å². The molecule has 2 rings (SSSR count). The van der Waals surface area contributed by atoms with Crippen molar-refractivity contribution in [2.24, 2.45) is 5.92 Å². The summed E-state index contributed by atoms with van der Waals surface area (Å²) in [6.07, 6.45) is 2.08. The average Bonchev–Trinajstić information content (AvgIpc) is 2.91. The minimum atomic E-state index is -3.42. The summed E-state index contributed by atoms with van der Waals surface area (Å²) >= 11 is 0. The summed E-state index contributed by atoms with van der Waals surface area (Å²) < 4.78 is 32.5. The molecule has 1 aromatic rings. The number of rotatable bonds is 7. The quantitative estimate of drug-likeness (QED) is 0.792. The van der Waals surface area contributed by atoms with E-state index in [1.54, 1.807) is 24.3 Å². The van der Waals surface area contributed by atoms with Crippen LogP contribution in [0, 0.1) is 5.92 Å². The zero-order valence-electron chi connectivity index (χ0n) is 13.0. The highest BCUT2D eigenvalue weighted by Crippen LogP contribution is 2.17. The van der Waals surface area contributed by atoms with E-state index >= 15 is 0 Å². The van der Waals surface area contributed by atoms with Crippen LogP contribution in [0.2, 0.25) is 0 Å². The zero-order valence-corrected chi connectivity index (χ0v) is 14.7. The molecular formula is C15H25ClN2O3S. The van der Waals surface area contributed by atoms with Gasteiger partial charge in [0.1, 0.15) is 5.75 Å². The van der Waals surface area contributed by atoms with Crippen molar-refractivity contribution < 1.29 is 13.2 Å². The lowest BCUT2D eigenvalue weighted by molar-refractivity contribution is 0.242. The van der Waals surface area contributed by atoms with Crippen LogP contribution < -0.4 is 14.8 Å². The molecule has 2 N–H and O–H groups in total. The second kappa shape index (κ2) is 8.72. The molecule has 0 spiro atoms. The van der Waals surface area contributed by atoms with Crippen LogP contribution in [0.4, 0.5) is 0 Å². The molecule has 1 aliphatic heterocycles. The minimum absolute atomic E-state index is 0. The van der Waals surface area contributed by atoms with E-state index in [0.29, 0.717) is 18.2 Å². The van der Waals surface area contributed by atoms with Crippen molar-refractivity contribution in [3.05, 3.63) is 24.3 Å². The molecule has 22 heavy (non-hydrogen) atoms. The first kappa shape index (κ1) is 19.2. The van der Waals surface area contributed by atoms with Crippen LogP contribution in [-0.4, -0.2) is 34.2 Å². The minimum Gasteiger partial charge on any atom is -0.491 e. The van der Waals surface area contributed by atoms with E-state index in [0.717, 1.165) is 25.9 Å². The summed E-state index contributed by atoms with van der Waals surface area (Å²) in [7, 11) is -3.42. The third-order valence-electron chi connectivity index (χ3n) is 3.51. The van der Waals surface area contributed by atoms with E-state index in [1.807, 2.05) is 13.8 Å². The van der Waals surface area contributed by atoms with Crippen LogP contribution in [0.5, 0.6) is 5.75 Å². The van der Waals surface area contributed by atoms with Crippen LogP contribution in [0.15, 0.2) is 29.2 Å². The Balaban J connectivity index is 0.00000242. The summed E-state index contributed by atoms with van der Waals surface area (Å²) in [5, 5.41) is 3.28. The largest absolute Gasteiger partial charge is 0.491 e. The molecule has 7 heteroatoms. The lowest BCUT2D eigenvalue weighted by Gasteiger charge is -2.12. The molecule has 126 valence electrons. The van der Waals surface area contributed by atoms with Gasteiger partial charge < -0.3 is 10.1 Å². The molecular weight excluding hydrogens is 324 g/mol. The average molecular weight is 349 g/mol. The van der Waals surface area contributed by atoms with Crippen LogP contribution in [0.25, 0.3) is 0 Å². The number of ether oxygens (including phenoxy) is 1. The standard InChI is InChI=1S/C15H24N2O3S.ClH/c1-12(2)20-14-3-5-15(6-4-14)21(18,19)17-10-8-13-7-9-16-11-13;/h3-6,12-13,16-17H,7-11H2,1-2H3;1H. The molecule has 1 heterocycles. The molecule has 0 aliphatic carbocycles. The normalized spacial score (nSPS) is 18.2. The lowest BCUT2D eigenvalue weighted by atomic mass is 10.1. The number of benzene rings is 1. The molecule has 0 radical (unpaired) electrons. The number of hydrogen-bond donors (Lipinski definition) is 2. The van der Waals surface area contributed by atoms with E-state index in [9.17, 15) is 8.42 Å². The van der Waals surface area contributed by atoms with Crippen molar-refractivity contribution in [3.63, 3.8) is 0 Å². The van der Waals surface area contributed by atoms with Gasteiger partial charge in [0, 0.05) is 6.54 Å². The van der Waals surface area contributed by atoms with Crippen molar-refractivity contribution in [2.75, 3.05) is 19.6 Å². The van der Waals surface area contributed by atoms with Gasteiger partial charge in [-0.05, 0) is 70.0 Å². The Morgan fingerprint density at radius 2 is 2.00 bits per heavy atom. The monoisotopic (exact) mass is 348 g/mol. The van der Waals surface area contributed by atoms with Gasteiger partial charge in [-0.25, -0.2) is 13.1 Å². The topological polar surface area (TPSA) is 67.4 Å². The highest BCUT2D eigenvalue weighted by Gasteiger charge is 2.17. The summed E-state index contributed by atoms with van der Waals surface area (Å²) in [5.74, 6) is 1.26. The molecule has 1 aliphatic rings. The molecule has 1 unspecified atom stereocenters. The fourth-order valence-electron chi connectivity index (χ4n) is 2.41. The predicted molar refractivity (Wildman–Crippen MR) is 90.2 cm³/mol. The van der Waals surface area contributed by atoms with E-state index in [1.165, 1.54) is 0 Å². The fraction of sp³-hybridized carbons (Fsp3) is 0.600. The molecule has 1 fully saturated rings. The Labute approximate surface area is 139 Å². The first-order valence-electron chi connectivity index (χ1n) is 7.44. The second-order valence-corrected chi connectivity index (χ2v) is 7.45. The van der Waals surface area contributed by atoms with Crippen LogP contribution in [-0.2, 0) is 10.0 Å². The summed E-state index contributed by atoms with van der Waals surface area (Å²) in [4.78, 5) is 0.281. The second-order valence-electron chi connectivity index (χ2n) is 5.68. The first-order valence-corrected chi connectivity index (χ1v) is 8.93. The summed E-state index contributed by atoms with van der Waals surface area (Å²) in [6, 6.07) is 6.54. The zero-order chi connectivity index (χ0) is 15.3. The van der Waals surface area contributed by atoms with Crippen molar-refractivity contribution >= 4 is 22.4 Å². The van der Waals surface area contributed by atoms with Crippen molar-refractivity contribution in [1.82, 2.24) is 10.0 Å². The first-order chi connectivity index (χ1) is 9.97. The number of hydrogen-bond acceptors (Lipinski definition) is 4. The molecule has 1 atom stereocenters. The summed E-state index contributed by atoms with van der Waals surface area (Å²) in [5.41, 5.74) is 0. The van der Waals surface area contributed by atoms with E-state index in [2.05, 4.69) is 10.0 Å². The molecule has 1 aromatic carbocycles. The van der Waals surface area contributed by atoms with Gasteiger partial charge in [0.25, 0.3) is 0 Å². The fourth-order valence-corrected chi connectivity index (χ4v) is 3.46. The Morgan fingerprint density at radius 1 is 1.32 bits per heavy atom. The van der Waals surface area contributed by atoms with Gasteiger partial charge in [-0.2, -0.15) is 0 Å². The van der Waals surface area contributed by atoms with Crippen molar-refractivity contribution in [1.29, 1.82) is 0 Å². The third kappa shape index (κ3) is 5.76. The molecule has 0 amide bonds. The number of sulfonamides is 1. The Bertz CT molecular complexity index is 540. The van der Waals surface area contributed by atoms with Crippen LogP contribution in [0.1, 0.15) is 26.7 Å². The summed E-state index contributed by atoms with van der Waals surface area (Å²) in [6.45, 7) is 6.38. The predicted octanol–water partition coefficient (Wildman–Crippen LogP) is 2.17. The molecule has 1 saturated heterocycles. The van der Waals surface area contributed by atoms with E-state index < -0.39 is 10.0 Å². The number of nitrogens with one attached hydrogen (secondary N) is 2. The maximum absolute atomic E-state index is 12.2. The van der Waals surface area contributed by atoms with Gasteiger partial charge in [0.05, 0.1) is 11.0 Å². The Morgan fingerprint density at radius 3 is 2.55 bits per heavy atom. The van der Waals surface area contributed by atoms with Gasteiger partial charge in [-0.15, -0.1) is 12.4 Å². The third-order valence-corrected chi connectivity index (χ3v) is 4.99. The molecule has 0 aromatic heterocycles. The van der Waals surface area contributed by atoms with Gasteiger partial charge in [-0.1, -0.05) is 0 Å². The van der Waals surface area contributed by atoms with Gasteiger partial charge in [-0.3, -0.25) is 0 Å². The van der Waals surface area contributed by atoms with E-state index in [4.69, 9.17) is 4.74 Å². The molecule has 5 nitrogen and oxygen atoms in total. The number of halogens is 1. The highest BCUT2D eigenvalue weighted by atomic mass is 35.5. The van der Waals surface area contributed by atoms with Crippen molar-refractivity contribution in [2.45, 2.75) is 37.7 Å². The maximum atomic E-state index is 12.2.